The summed E-state index contributed by atoms with van der Waals surface area (Å²) >= 11 is 0. The van der Waals surface area contributed by atoms with E-state index < -0.39 is 0 Å². The molecule has 0 unspecified atom stereocenters. The summed E-state index contributed by atoms with van der Waals surface area (Å²) in [6, 6.07) is 1.98. The molecule has 5 nitrogen and oxygen atoms in total. The number of aromatic nitrogens is 2. The molecule has 1 fully saturated rings. The van der Waals surface area contributed by atoms with Crippen molar-refractivity contribution in [3.05, 3.63) is 17.5 Å². The van der Waals surface area contributed by atoms with Crippen molar-refractivity contribution in [2.75, 3.05) is 26.2 Å². The molecule has 0 bridgehead atoms. The molecular formula is C12H18N4O. The number of aryl methyl sites for hydroxylation is 2. The van der Waals surface area contributed by atoms with Crippen molar-refractivity contribution in [1.29, 1.82) is 0 Å². The van der Waals surface area contributed by atoms with E-state index in [9.17, 15) is 4.79 Å². The van der Waals surface area contributed by atoms with Crippen LogP contribution in [0.4, 0.5) is 0 Å². The molecule has 3 heterocycles. The third-order valence-electron chi connectivity index (χ3n) is 3.54. The first-order valence-electron chi connectivity index (χ1n) is 6.41. The van der Waals surface area contributed by atoms with E-state index in [-0.39, 0.29) is 5.91 Å². The highest BCUT2D eigenvalue weighted by Crippen LogP contribution is 2.16. The number of nitrogens with one attached hydrogen (secondary N) is 1. The minimum absolute atomic E-state index is 0.0911. The molecule has 0 aliphatic carbocycles. The number of carbonyl (C=O) groups excluding carboxylic acids is 1. The Balaban J connectivity index is 1.78. The third-order valence-corrected chi connectivity index (χ3v) is 3.54. The van der Waals surface area contributed by atoms with Crippen LogP contribution in [-0.4, -0.2) is 46.8 Å². The number of nitrogens with zero attached hydrogens (tertiary/aromatic N) is 3. The van der Waals surface area contributed by atoms with E-state index in [0.717, 1.165) is 39.1 Å². The summed E-state index contributed by atoms with van der Waals surface area (Å²) in [6.07, 6.45) is 3.45. The highest BCUT2D eigenvalue weighted by Gasteiger charge is 2.22. The molecular weight excluding hydrogens is 216 g/mol. The molecule has 0 atom stereocenters. The smallest absolute Gasteiger partial charge is 0.274 e. The van der Waals surface area contributed by atoms with Crippen LogP contribution in [0.5, 0.6) is 0 Å². The number of piperazine rings is 1. The van der Waals surface area contributed by atoms with Gasteiger partial charge < -0.3 is 10.2 Å². The number of rotatable bonds is 1. The van der Waals surface area contributed by atoms with E-state index in [1.807, 2.05) is 15.6 Å². The van der Waals surface area contributed by atoms with Gasteiger partial charge in [0.15, 0.2) is 5.69 Å². The van der Waals surface area contributed by atoms with Gasteiger partial charge in [-0.3, -0.25) is 9.48 Å². The Hall–Kier alpha value is -1.36. The van der Waals surface area contributed by atoms with Gasteiger partial charge in [0.1, 0.15) is 0 Å². The van der Waals surface area contributed by atoms with Crippen molar-refractivity contribution in [2.45, 2.75) is 25.8 Å². The van der Waals surface area contributed by atoms with Crippen molar-refractivity contribution in [2.24, 2.45) is 0 Å². The Morgan fingerprint density at radius 3 is 2.82 bits per heavy atom. The second-order valence-corrected chi connectivity index (χ2v) is 4.74. The van der Waals surface area contributed by atoms with Crippen molar-refractivity contribution in [1.82, 2.24) is 20.0 Å². The lowest BCUT2D eigenvalue weighted by Crippen LogP contribution is -2.46. The van der Waals surface area contributed by atoms with Gasteiger partial charge in [0.2, 0.25) is 0 Å². The molecule has 0 radical (unpaired) electrons. The van der Waals surface area contributed by atoms with Gasteiger partial charge in [0.05, 0.1) is 0 Å². The molecule has 0 aromatic carbocycles. The van der Waals surface area contributed by atoms with Gasteiger partial charge in [-0.1, -0.05) is 0 Å². The summed E-state index contributed by atoms with van der Waals surface area (Å²) in [7, 11) is 0. The number of hydrogen-bond donors (Lipinski definition) is 1. The van der Waals surface area contributed by atoms with Gasteiger partial charge >= 0.3 is 0 Å². The van der Waals surface area contributed by atoms with Crippen LogP contribution in [0.25, 0.3) is 0 Å². The Labute approximate surface area is 101 Å². The first-order chi connectivity index (χ1) is 8.34. The minimum atomic E-state index is 0.0911. The Morgan fingerprint density at radius 1 is 1.24 bits per heavy atom. The number of amides is 1. The fourth-order valence-electron chi connectivity index (χ4n) is 2.55. The lowest BCUT2D eigenvalue weighted by atomic mass is 10.1. The first kappa shape index (κ1) is 10.8. The molecule has 2 aliphatic rings. The van der Waals surface area contributed by atoms with Gasteiger partial charge in [-0.2, -0.15) is 5.10 Å². The van der Waals surface area contributed by atoms with Crippen LogP contribution in [0.3, 0.4) is 0 Å². The highest BCUT2D eigenvalue weighted by molar-refractivity contribution is 5.92. The predicted octanol–water partition coefficient (Wildman–Crippen LogP) is 0.265. The van der Waals surface area contributed by atoms with E-state index in [4.69, 9.17) is 0 Å². The lowest BCUT2D eigenvalue weighted by Gasteiger charge is -2.26. The first-order valence-corrected chi connectivity index (χ1v) is 6.41. The molecule has 1 saturated heterocycles. The van der Waals surface area contributed by atoms with Crippen molar-refractivity contribution in [3.8, 4) is 0 Å². The molecule has 0 spiro atoms. The van der Waals surface area contributed by atoms with Crippen molar-refractivity contribution >= 4 is 5.91 Å². The summed E-state index contributed by atoms with van der Waals surface area (Å²) in [5.41, 5.74) is 1.85. The van der Waals surface area contributed by atoms with Crippen LogP contribution >= 0.6 is 0 Å². The quantitative estimate of drug-likeness (QED) is 0.758. The maximum atomic E-state index is 12.2. The van der Waals surface area contributed by atoms with Crippen LogP contribution in [0.1, 0.15) is 29.0 Å². The monoisotopic (exact) mass is 234 g/mol. The summed E-state index contributed by atoms with van der Waals surface area (Å²) < 4.78 is 2.00. The normalized spacial score (nSPS) is 20.1. The minimum Gasteiger partial charge on any atom is -0.335 e. The van der Waals surface area contributed by atoms with Gasteiger partial charge in [-0.05, 0) is 25.3 Å². The molecule has 2 aliphatic heterocycles. The molecule has 1 amide bonds. The van der Waals surface area contributed by atoms with Crippen LogP contribution in [0.15, 0.2) is 6.07 Å². The Bertz CT molecular complexity index is 397. The molecule has 5 heteroatoms. The predicted molar refractivity (Wildman–Crippen MR) is 63.9 cm³/mol. The molecule has 0 saturated carbocycles. The van der Waals surface area contributed by atoms with E-state index >= 15 is 0 Å². The second-order valence-electron chi connectivity index (χ2n) is 4.74. The van der Waals surface area contributed by atoms with E-state index in [1.54, 1.807) is 0 Å². The zero-order chi connectivity index (χ0) is 11.7. The fraction of sp³-hybridized carbons (Fsp3) is 0.667. The SMILES string of the molecule is O=C(c1cc2n(n1)CCCC2)N1CCNCC1. The molecule has 1 aromatic rings. The van der Waals surface area contributed by atoms with Crippen molar-refractivity contribution < 1.29 is 4.79 Å². The Morgan fingerprint density at radius 2 is 2.06 bits per heavy atom. The fourth-order valence-corrected chi connectivity index (χ4v) is 2.55. The van der Waals surface area contributed by atoms with Crippen LogP contribution in [0, 0.1) is 0 Å². The number of carbonyl (C=O) groups is 1. The van der Waals surface area contributed by atoms with Gasteiger partial charge in [0, 0.05) is 38.4 Å². The summed E-state index contributed by atoms with van der Waals surface area (Å²) in [6.45, 7) is 4.32. The van der Waals surface area contributed by atoms with Gasteiger partial charge in [-0.15, -0.1) is 0 Å². The summed E-state index contributed by atoms with van der Waals surface area (Å²) in [5.74, 6) is 0.0911. The summed E-state index contributed by atoms with van der Waals surface area (Å²) in [5, 5.41) is 7.68. The summed E-state index contributed by atoms with van der Waals surface area (Å²) in [4.78, 5) is 14.1. The topological polar surface area (TPSA) is 50.2 Å². The molecule has 3 rings (SSSR count). The standard InChI is InChI=1S/C12H18N4O/c17-12(15-7-4-13-5-8-15)11-9-10-3-1-2-6-16(10)14-11/h9,13H,1-8H2. The van der Waals surface area contributed by atoms with Crippen LogP contribution in [0.2, 0.25) is 0 Å². The molecule has 17 heavy (non-hydrogen) atoms. The number of fused-ring (bicyclic) bond motifs is 1. The van der Waals surface area contributed by atoms with Gasteiger partial charge in [-0.25, -0.2) is 0 Å². The Kier molecular flexibility index (Phi) is 2.84. The maximum absolute atomic E-state index is 12.2. The third kappa shape index (κ3) is 2.07. The van der Waals surface area contributed by atoms with E-state index in [2.05, 4.69) is 10.4 Å². The second kappa shape index (κ2) is 4.49. The lowest BCUT2D eigenvalue weighted by molar-refractivity contribution is 0.0729. The maximum Gasteiger partial charge on any atom is 0.274 e. The number of hydrogen-bond acceptors (Lipinski definition) is 3. The largest absolute Gasteiger partial charge is 0.335 e. The van der Waals surface area contributed by atoms with Crippen molar-refractivity contribution in [3.63, 3.8) is 0 Å². The zero-order valence-electron chi connectivity index (χ0n) is 9.98. The van der Waals surface area contributed by atoms with Crippen LogP contribution in [-0.2, 0) is 13.0 Å². The van der Waals surface area contributed by atoms with E-state index in [0.29, 0.717) is 5.69 Å². The zero-order valence-corrected chi connectivity index (χ0v) is 9.98. The molecule has 92 valence electrons. The van der Waals surface area contributed by atoms with Crippen LogP contribution < -0.4 is 5.32 Å². The average molecular weight is 234 g/mol. The molecule has 1 N–H and O–H groups in total. The van der Waals surface area contributed by atoms with Gasteiger partial charge in [0.25, 0.3) is 5.91 Å². The average Bonchev–Trinajstić information content (AvgIpc) is 2.82. The highest BCUT2D eigenvalue weighted by atomic mass is 16.2. The molecule has 1 aromatic heterocycles. The van der Waals surface area contributed by atoms with E-state index in [1.165, 1.54) is 18.5 Å².